The number of hydrogen-bond acceptors (Lipinski definition) is 3. The number of carbonyl (C=O) groups is 1. The first-order chi connectivity index (χ1) is 8.18. The zero-order valence-corrected chi connectivity index (χ0v) is 10.8. The molecule has 18 heavy (non-hydrogen) atoms. The molecule has 0 radical (unpaired) electrons. The Balaban J connectivity index is 0.00000162. The molecule has 0 bridgehead atoms. The normalized spacial score (nSPS) is 18.9. The highest BCUT2D eigenvalue weighted by molar-refractivity contribution is 5.95. The number of amides is 1. The first-order valence-corrected chi connectivity index (χ1v) is 5.55. The Labute approximate surface area is 111 Å². The number of halogens is 2. The molecule has 1 unspecified atom stereocenters. The van der Waals surface area contributed by atoms with E-state index in [9.17, 15) is 9.18 Å². The fourth-order valence-electron chi connectivity index (χ4n) is 1.70. The number of hydrogen-bond donors (Lipinski definition) is 2. The van der Waals surface area contributed by atoms with Gasteiger partial charge in [-0.2, -0.15) is 0 Å². The van der Waals surface area contributed by atoms with Gasteiger partial charge in [0.25, 0.3) is 0 Å². The first-order valence-electron chi connectivity index (χ1n) is 5.55. The van der Waals surface area contributed by atoms with E-state index in [1.807, 2.05) is 0 Å². The van der Waals surface area contributed by atoms with Crippen molar-refractivity contribution in [3.05, 3.63) is 29.6 Å². The van der Waals surface area contributed by atoms with Crippen LogP contribution in [-0.4, -0.2) is 31.7 Å². The SMILES string of the molecule is Cc1c(F)cccc1NC(=O)C1COCCN1.Cl. The van der Waals surface area contributed by atoms with Gasteiger partial charge in [-0.1, -0.05) is 6.07 Å². The summed E-state index contributed by atoms with van der Waals surface area (Å²) < 4.78 is 18.5. The summed E-state index contributed by atoms with van der Waals surface area (Å²) in [6.07, 6.45) is 0. The standard InChI is InChI=1S/C12H15FN2O2.ClH/c1-8-9(13)3-2-4-10(8)15-12(16)11-7-17-6-5-14-11;/h2-4,11,14H,5-7H2,1H3,(H,15,16);1H. The van der Waals surface area contributed by atoms with Gasteiger partial charge in [0.15, 0.2) is 0 Å². The Morgan fingerprint density at radius 3 is 3.00 bits per heavy atom. The lowest BCUT2D eigenvalue weighted by Gasteiger charge is -2.23. The number of benzene rings is 1. The molecule has 1 heterocycles. The fraction of sp³-hybridized carbons (Fsp3) is 0.417. The molecule has 0 saturated carbocycles. The van der Waals surface area contributed by atoms with E-state index in [0.717, 1.165) is 0 Å². The number of rotatable bonds is 2. The van der Waals surface area contributed by atoms with Crippen molar-refractivity contribution in [2.24, 2.45) is 0 Å². The van der Waals surface area contributed by atoms with Crippen molar-refractivity contribution in [2.45, 2.75) is 13.0 Å². The second kappa shape index (κ2) is 6.68. The largest absolute Gasteiger partial charge is 0.378 e. The molecular weight excluding hydrogens is 259 g/mol. The maximum absolute atomic E-state index is 13.3. The highest BCUT2D eigenvalue weighted by Gasteiger charge is 2.21. The van der Waals surface area contributed by atoms with Gasteiger partial charge in [-0.05, 0) is 19.1 Å². The average Bonchev–Trinajstić information content (AvgIpc) is 2.36. The van der Waals surface area contributed by atoms with Crippen molar-refractivity contribution in [2.75, 3.05) is 25.1 Å². The van der Waals surface area contributed by atoms with Crippen molar-refractivity contribution < 1.29 is 13.9 Å². The molecule has 6 heteroatoms. The smallest absolute Gasteiger partial charge is 0.243 e. The summed E-state index contributed by atoms with van der Waals surface area (Å²) in [7, 11) is 0. The topological polar surface area (TPSA) is 50.4 Å². The minimum Gasteiger partial charge on any atom is -0.378 e. The lowest BCUT2D eigenvalue weighted by molar-refractivity contribution is -0.120. The van der Waals surface area contributed by atoms with Gasteiger partial charge in [0.05, 0.1) is 13.2 Å². The van der Waals surface area contributed by atoms with Gasteiger partial charge in [-0.25, -0.2) is 4.39 Å². The first kappa shape index (κ1) is 14.9. The van der Waals surface area contributed by atoms with Crippen LogP contribution in [0, 0.1) is 12.7 Å². The second-order valence-corrected chi connectivity index (χ2v) is 3.98. The van der Waals surface area contributed by atoms with Crippen LogP contribution in [-0.2, 0) is 9.53 Å². The maximum Gasteiger partial charge on any atom is 0.243 e. The van der Waals surface area contributed by atoms with Crippen molar-refractivity contribution in [1.82, 2.24) is 5.32 Å². The van der Waals surface area contributed by atoms with E-state index in [0.29, 0.717) is 31.0 Å². The third-order valence-electron chi connectivity index (χ3n) is 2.76. The molecule has 1 fully saturated rings. The maximum atomic E-state index is 13.3. The summed E-state index contributed by atoms with van der Waals surface area (Å²) >= 11 is 0. The number of ether oxygens (including phenoxy) is 1. The lowest BCUT2D eigenvalue weighted by Crippen LogP contribution is -2.48. The van der Waals surface area contributed by atoms with Gasteiger partial charge < -0.3 is 15.4 Å². The van der Waals surface area contributed by atoms with Crippen molar-refractivity contribution in [1.29, 1.82) is 0 Å². The Morgan fingerprint density at radius 1 is 1.56 bits per heavy atom. The second-order valence-electron chi connectivity index (χ2n) is 3.98. The van der Waals surface area contributed by atoms with Crippen LogP contribution in [0.3, 0.4) is 0 Å². The van der Waals surface area contributed by atoms with Crippen molar-refractivity contribution >= 4 is 24.0 Å². The monoisotopic (exact) mass is 274 g/mol. The molecule has 1 aliphatic heterocycles. The van der Waals surface area contributed by atoms with Crippen LogP contribution >= 0.6 is 12.4 Å². The predicted molar refractivity (Wildman–Crippen MR) is 69.6 cm³/mol. The van der Waals surface area contributed by atoms with E-state index in [4.69, 9.17) is 4.74 Å². The van der Waals surface area contributed by atoms with Crippen LogP contribution in [0.15, 0.2) is 18.2 Å². The molecule has 100 valence electrons. The molecule has 1 atom stereocenters. The van der Waals surface area contributed by atoms with Crippen LogP contribution in [0.5, 0.6) is 0 Å². The fourth-order valence-corrected chi connectivity index (χ4v) is 1.70. The highest BCUT2D eigenvalue weighted by atomic mass is 35.5. The Hall–Kier alpha value is -1.17. The molecule has 0 spiro atoms. The molecule has 0 aliphatic carbocycles. The summed E-state index contributed by atoms with van der Waals surface area (Å²) in [6, 6.07) is 4.25. The molecule has 1 aromatic carbocycles. The Morgan fingerprint density at radius 2 is 2.33 bits per heavy atom. The van der Waals surface area contributed by atoms with E-state index in [1.165, 1.54) is 6.07 Å². The lowest BCUT2D eigenvalue weighted by atomic mass is 10.1. The van der Waals surface area contributed by atoms with Gasteiger partial charge in [0.1, 0.15) is 11.9 Å². The Kier molecular flexibility index (Phi) is 5.53. The molecule has 1 amide bonds. The van der Waals surface area contributed by atoms with Gasteiger partial charge in [-0.15, -0.1) is 12.4 Å². The van der Waals surface area contributed by atoms with Crippen LogP contribution in [0.25, 0.3) is 0 Å². The molecule has 0 aromatic heterocycles. The summed E-state index contributed by atoms with van der Waals surface area (Å²) in [4.78, 5) is 11.9. The molecular formula is C12H16ClFN2O2. The van der Waals surface area contributed by atoms with E-state index >= 15 is 0 Å². The zero-order chi connectivity index (χ0) is 12.3. The predicted octanol–water partition coefficient (Wildman–Crippen LogP) is 1.48. The minimum atomic E-state index is -0.369. The average molecular weight is 275 g/mol. The third-order valence-corrected chi connectivity index (χ3v) is 2.76. The number of carbonyl (C=O) groups excluding carboxylic acids is 1. The molecule has 2 rings (SSSR count). The van der Waals surface area contributed by atoms with Gasteiger partial charge in [0, 0.05) is 17.8 Å². The van der Waals surface area contributed by atoms with E-state index < -0.39 is 0 Å². The minimum absolute atomic E-state index is 0. The molecule has 2 N–H and O–H groups in total. The highest BCUT2D eigenvalue weighted by Crippen LogP contribution is 2.17. The van der Waals surface area contributed by atoms with E-state index in [2.05, 4.69) is 10.6 Å². The molecule has 4 nitrogen and oxygen atoms in total. The number of nitrogens with one attached hydrogen (secondary N) is 2. The van der Waals surface area contributed by atoms with Crippen molar-refractivity contribution in [3.63, 3.8) is 0 Å². The van der Waals surface area contributed by atoms with Crippen LogP contribution in [0.2, 0.25) is 0 Å². The van der Waals surface area contributed by atoms with Gasteiger partial charge >= 0.3 is 0 Å². The number of anilines is 1. The van der Waals surface area contributed by atoms with Crippen LogP contribution in [0.1, 0.15) is 5.56 Å². The van der Waals surface area contributed by atoms with E-state index in [-0.39, 0.29) is 30.2 Å². The third kappa shape index (κ3) is 3.41. The summed E-state index contributed by atoms with van der Waals surface area (Å²) in [5, 5.41) is 5.74. The summed E-state index contributed by atoms with van der Waals surface area (Å²) in [5.41, 5.74) is 0.944. The zero-order valence-electron chi connectivity index (χ0n) is 10.0. The summed E-state index contributed by atoms with van der Waals surface area (Å²) in [5.74, 6) is -0.519. The molecule has 1 saturated heterocycles. The Bertz CT molecular complexity index is 423. The molecule has 1 aliphatic rings. The van der Waals surface area contributed by atoms with Gasteiger partial charge in [0.2, 0.25) is 5.91 Å². The molecule has 1 aromatic rings. The van der Waals surface area contributed by atoms with Gasteiger partial charge in [-0.3, -0.25) is 4.79 Å². The van der Waals surface area contributed by atoms with E-state index in [1.54, 1.807) is 19.1 Å². The number of morpholine rings is 1. The van der Waals surface area contributed by atoms with Crippen molar-refractivity contribution in [3.8, 4) is 0 Å². The summed E-state index contributed by atoms with van der Waals surface area (Å²) in [6.45, 7) is 3.25. The quantitative estimate of drug-likeness (QED) is 0.859. The van der Waals surface area contributed by atoms with Crippen LogP contribution < -0.4 is 10.6 Å². The van der Waals surface area contributed by atoms with Crippen LogP contribution in [0.4, 0.5) is 10.1 Å².